The smallest absolute Gasteiger partial charge is 0.311 e. The third kappa shape index (κ3) is 3.04. The summed E-state index contributed by atoms with van der Waals surface area (Å²) in [7, 11) is 0. The van der Waals surface area contributed by atoms with Crippen LogP contribution in [0.4, 0.5) is 5.82 Å². The molecule has 2 N–H and O–H groups in total. The van der Waals surface area contributed by atoms with Crippen molar-refractivity contribution in [3.8, 4) is 0 Å². The third-order valence-corrected chi connectivity index (χ3v) is 3.93. The number of aromatic nitrogens is 4. The molecule has 0 spiro atoms. The van der Waals surface area contributed by atoms with Crippen molar-refractivity contribution in [3.05, 3.63) is 24.8 Å². The lowest BCUT2D eigenvalue weighted by Gasteiger charge is -2.19. The van der Waals surface area contributed by atoms with Gasteiger partial charge in [-0.15, -0.1) is 0 Å². The van der Waals surface area contributed by atoms with E-state index in [1.807, 2.05) is 25.3 Å². The monoisotopic (exact) mass is 315 g/mol. The Labute approximate surface area is 134 Å². The third-order valence-electron chi connectivity index (χ3n) is 3.93. The number of anilines is 1. The van der Waals surface area contributed by atoms with Crippen LogP contribution in [0.3, 0.4) is 0 Å². The topological polar surface area (TPSA) is 95.9 Å². The van der Waals surface area contributed by atoms with Gasteiger partial charge in [0.2, 0.25) is 0 Å². The van der Waals surface area contributed by atoms with Crippen LogP contribution in [0.1, 0.15) is 33.2 Å². The van der Waals surface area contributed by atoms with Crippen molar-refractivity contribution in [2.24, 2.45) is 11.3 Å². The summed E-state index contributed by atoms with van der Waals surface area (Å²) in [6.45, 7) is 5.95. The lowest BCUT2D eigenvalue weighted by Crippen LogP contribution is -2.25. The van der Waals surface area contributed by atoms with Gasteiger partial charge in [-0.25, -0.2) is 15.0 Å². The number of carbonyl (C=O) groups is 1. The molecule has 23 heavy (non-hydrogen) atoms. The Balaban J connectivity index is 1.67. The van der Waals surface area contributed by atoms with E-state index in [4.69, 9.17) is 10.5 Å². The first kappa shape index (κ1) is 15.5. The van der Waals surface area contributed by atoms with E-state index in [2.05, 4.69) is 27.1 Å². The molecule has 2 aromatic rings. The molecule has 1 aliphatic rings. The number of allylic oxidation sites excluding steroid dienone is 1. The number of imidazole rings is 1. The highest BCUT2D eigenvalue weighted by atomic mass is 16.5. The zero-order valence-corrected chi connectivity index (χ0v) is 13.6. The first-order valence-corrected chi connectivity index (χ1v) is 7.65. The van der Waals surface area contributed by atoms with Crippen LogP contribution in [0, 0.1) is 11.3 Å². The van der Waals surface area contributed by atoms with Gasteiger partial charge in [0.25, 0.3) is 0 Å². The molecular formula is C16H21N5O2. The number of esters is 1. The molecule has 2 unspecified atom stereocenters. The maximum Gasteiger partial charge on any atom is 0.311 e. The fraction of sp³-hybridized carbons (Fsp3) is 0.500. The van der Waals surface area contributed by atoms with Crippen LogP contribution in [-0.2, 0) is 9.53 Å². The molecule has 3 rings (SSSR count). The largest absolute Gasteiger partial charge is 0.465 e. The molecule has 0 radical (unpaired) electrons. The first-order chi connectivity index (χ1) is 10.9. The number of rotatable bonds is 3. The normalized spacial score (nSPS) is 21.0. The maximum atomic E-state index is 11.9. The van der Waals surface area contributed by atoms with Gasteiger partial charge in [0.05, 0.1) is 24.4 Å². The zero-order chi connectivity index (χ0) is 16.6. The second-order valence-electron chi connectivity index (χ2n) is 6.88. The van der Waals surface area contributed by atoms with Crippen molar-refractivity contribution in [3.63, 3.8) is 0 Å². The highest BCUT2D eigenvalue weighted by molar-refractivity contribution is 5.81. The average Bonchev–Trinajstić information content (AvgIpc) is 3.10. The molecule has 2 heterocycles. The van der Waals surface area contributed by atoms with E-state index in [1.165, 1.54) is 6.33 Å². The fourth-order valence-electron chi connectivity index (χ4n) is 2.59. The van der Waals surface area contributed by atoms with Crippen molar-refractivity contribution in [2.75, 3.05) is 12.3 Å². The predicted molar refractivity (Wildman–Crippen MR) is 86.4 cm³/mol. The van der Waals surface area contributed by atoms with Gasteiger partial charge >= 0.3 is 5.97 Å². The van der Waals surface area contributed by atoms with Gasteiger partial charge in [0.1, 0.15) is 11.8 Å². The number of ether oxygens (including phenoxy) is 1. The van der Waals surface area contributed by atoms with Crippen molar-refractivity contribution in [1.29, 1.82) is 0 Å². The number of hydrogen-bond donors (Lipinski definition) is 1. The molecule has 7 heteroatoms. The van der Waals surface area contributed by atoms with Gasteiger partial charge in [-0.05, 0) is 27.2 Å². The van der Waals surface area contributed by atoms with Crippen molar-refractivity contribution >= 4 is 23.0 Å². The molecule has 122 valence electrons. The Morgan fingerprint density at radius 3 is 2.87 bits per heavy atom. The summed E-state index contributed by atoms with van der Waals surface area (Å²) in [5, 5.41) is 0. The number of nitrogen functional groups attached to an aromatic ring is 1. The zero-order valence-electron chi connectivity index (χ0n) is 13.6. The Hall–Kier alpha value is -2.44. The fourth-order valence-corrected chi connectivity index (χ4v) is 2.59. The molecule has 7 nitrogen and oxygen atoms in total. The van der Waals surface area contributed by atoms with Crippen LogP contribution in [-0.4, -0.2) is 32.1 Å². The second kappa shape index (κ2) is 5.64. The van der Waals surface area contributed by atoms with Gasteiger partial charge in [-0.1, -0.05) is 12.2 Å². The summed E-state index contributed by atoms with van der Waals surface area (Å²) in [6.07, 6.45) is 8.18. The van der Waals surface area contributed by atoms with Crippen molar-refractivity contribution < 1.29 is 9.53 Å². The quantitative estimate of drug-likeness (QED) is 0.688. The highest BCUT2D eigenvalue weighted by Crippen LogP contribution is 2.31. The number of nitrogens with two attached hydrogens (primary N) is 1. The Bertz CT molecular complexity index is 759. The maximum absolute atomic E-state index is 11.9. The number of nitrogens with zero attached hydrogens (tertiary/aromatic N) is 4. The van der Waals surface area contributed by atoms with Crippen molar-refractivity contribution in [1.82, 2.24) is 19.5 Å². The number of hydrogen-bond acceptors (Lipinski definition) is 6. The van der Waals surface area contributed by atoms with E-state index in [1.54, 1.807) is 6.33 Å². The summed E-state index contributed by atoms with van der Waals surface area (Å²) in [5.41, 5.74) is 6.68. The van der Waals surface area contributed by atoms with E-state index < -0.39 is 5.41 Å². The van der Waals surface area contributed by atoms with Gasteiger partial charge in [-0.2, -0.15) is 0 Å². The lowest BCUT2D eigenvalue weighted by atomic mass is 9.97. The molecule has 0 aliphatic heterocycles. The number of fused-ring (bicyclic) bond motifs is 1. The Kier molecular flexibility index (Phi) is 3.79. The Morgan fingerprint density at radius 1 is 1.35 bits per heavy atom. The highest BCUT2D eigenvalue weighted by Gasteiger charge is 2.27. The predicted octanol–water partition coefficient (Wildman–Crippen LogP) is 2.12. The van der Waals surface area contributed by atoms with E-state index in [9.17, 15) is 4.79 Å². The van der Waals surface area contributed by atoms with Gasteiger partial charge in [-0.3, -0.25) is 4.79 Å². The van der Waals surface area contributed by atoms with Crippen LogP contribution in [0.15, 0.2) is 24.8 Å². The summed E-state index contributed by atoms with van der Waals surface area (Å²) < 4.78 is 7.38. The van der Waals surface area contributed by atoms with Crippen LogP contribution < -0.4 is 5.73 Å². The van der Waals surface area contributed by atoms with E-state index in [0.29, 0.717) is 17.9 Å². The lowest BCUT2D eigenvalue weighted by molar-refractivity contribution is -0.153. The first-order valence-electron chi connectivity index (χ1n) is 7.65. The SMILES string of the molecule is CC(C)(C)C(=O)OCC1C=CC(n2cnc3c(N)ncnc32)C1. The number of carbonyl (C=O) groups excluding carboxylic acids is 1. The molecule has 0 bridgehead atoms. The van der Waals surface area contributed by atoms with E-state index in [-0.39, 0.29) is 17.9 Å². The molecule has 0 saturated heterocycles. The van der Waals surface area contributed by atoms with Gasteiger partial charge in [0.15, 0.2) is 11.5 Å². The van der Waals surface area contributed by atoms with Gasteiger partial charge in [0, 0.05) is 5.92 Å². The molecule has 0 aromatic carbocycles. The van der Waals surface area contributed by atoms with Crippen LogP contribution >= 0.6 is 0 Å². The van der Waals surface area contributed by atoms with Crippen LogP contribution in [0.5, 0.6) is 0 Å². The molecular weight excluding hydrogens is 294 g/mol. The molecule has 1 aliphatic carbocycles. The molecule has 0 amide bonds. The molecule has 0 saturated carbocycles. The molecule has 0 fully saturated rings. The standard InChI is InChI=1S/C16H21N5O2/c1-16(2,3)15(22)23-7-10-4-5-11(6-10)21-9-20-12-13(17)18-8-19-14(12)21/h4-5,8-11H,6-7H2,1-3H3,(H2,17,18,19). The Morgan fingerprint density at radius 2 is 2.13 bits per heavy atom. The molecule has 2 aromatic heterocycles. The van der Waals surface area contributed by atoms with Crippen LogP contribution in [0.25, 0.3) is 11.2 Å². The van der Waals surface area contributed by atoms with Gasteiger partial charge < -0.3 is 15.0 Å². The average molecular weight is 315 g/mol. The minimum atomic E-state index is -0.475. The molecule has 2 atom stereocenters. The van der Waals surface area contributed by atoms with Crippen LogP contribution in [0.2, 0.25) is 0 Å². The summed E-state index contributed by atoms with van der Waals surface area (Å²) in [6, 6.07) is 0.132. The minimum Gasteiger partial charge on any atom is -0.465 e. The van der Waals surface area contributed by atoms with E-state index in [0.717, 1.165) is 12.1 Å². The second-order valence-corrected chi connectivity index (χ2v) is 6.88. The summed E-state index contributed by atoms with van der Waals surface area (Å²) >= 11 is 0. The summed E-state index contributed by atoms with van der Waals surface area (Å²) in [5.74, 6) is 0.400. The minimum absolute atomic E-state index is 0.132. The van der Waals surface area contributed by atoms with Crippen molar-refractivity contribution in [2.45, 2.75) is 33.2 Å². The van der Waals surface area contributed by atoms with E-state index >= 15 is 0 Å². The summed E-state index contributed by atoms with van der Waals surface area (Å²) in [4.78, 5) is 24.4.